The Labute approximate surface area is 108 Å². The molecule has 0 aliphatic heterocycles. The summed E-state index contributed by atoms with van der Waals surface area (Å²) in [5.74, 6) is 3.77. The van der Waals surface area contributed by atoms with E-state index in [1.54, 1.807) is 7.11 Å². The second-order valence-electron chi connectivity index (χ2n) is 3.56. The standard InChI is InChI=1S/C13H21NO2S/c1-4-17-8-7-16-12-6-5-11(10-14-2)9-13(12)15-3/h5-6,9,14H,4,7-8,10H2,1-3H3. The predicted molar refractivity (Wildman–Crippen MR) is 74.3 cm³/mol. The Morgan fingerprint density at radius 3 is 2.76 bits per heavy atom. The minimum Gasteiger partial charge on any atom is -0.493 e. The second kappa shape index (κ2) is 8.25. The van der Waals surface area contributed by atoms with Crippen LogP contribution >= 0.6 is 11.8 Å². The molecular formula is C13H21NO2S. The number of thioether (sulfide) groups is 1. The smallest absolute Gasteiger partial charge is 0.161 e. The number of ether oxygens (including phenoxy) is 2. The third kappa shape index (κ3) is 4.88. The van der Waals surface area contributed by atoms with Crippen molar-refractivity contribution < 1.29 is 9.47 Å². The van der Waals surface area contributed by atoms with Crippen LogP contribution in [0.3, 0.4) is 0 Å². The van der Waals surface area contributed by atoms with Gasteiger partial charge in [-0.1, -0.05) is 13.0 Å². The van der Waals surface area contributed by atoms with Crippen molar-refractivity contribution in [1.29, 1.82) is 0 Å². The Morgan fingerprint density at radius 1 is 1.29 bits per heavy atom. The molecule has 1 aromatic carbocycles. The predicted octanol–water partition coefficient (Wildman–Crippen LogP) is 2.55. The minimum absolute atomic E-state index is 0.722. The van der Waals surface area contributed by atoms with E-state index in [1.165, 1.54) is 5.56 Å². The quantitative estimate of drug-likeness (QED) is 0.723. The van der Waals surface area contributed by atoms with Gasteiger partial charge in [-0.25, -0.2) is 0 Å². The van der Waals surface area contributed by atoms with Gasteiger partial charge in [0.05, 0.1) is 13.7 Å². The summed E-state index contributed by atoms with van der Waals surface area (Å²) in [7, 11) is 3.60. The molecule has 4 heteroatoms. The van der Waals surface area contributed by atoms with Crippen molar-refractivity contribution in [2.75, 3.05) is 32.3 Å². The van der Waals surface area contributed by atoms with Crippen LogP contribution < -0.4 is 14.8 Å². The number of hydrogen-bond donors (Lipinski definition) is 1. The Kier molecular flexibility index (Phi) is 6.89. The van der Waals surface area contributed by atoms with E-state index in [-0.39, 0.29) is 0 Å². The summed E-state index contributed by atoms with van der Waals surface area (Å²) in [6, 6.07) is 6.04. The van der Waals surface area contributed by atoms with Crippen molar-refractivity contribution in [3.8, 4) is 11.5 Å². The maximum atomic E-state index is 5.70. The topological polar surface area (TPSA) is 30.5 Å². The molecule has 0 unspecified atom stereocenters. The number of hydrogen-bond acceptors (Lipinski definition) is 4. The average Bonchev–Trinajstić information content (AvgIpc) is 2.36. The molecule has 1 rings (SSSR count). The molecule has 0 spiro atoms. The zero-order valence-corrected chi connectivity index (χ0v) is 11.6. The van der Waals surface area contributed by atoms with Crippen LogP contribution in [-0.2, 0) is 6.54 Å². The first-order chi connectivity index (χ1) is 8.31. The van der Waals surface area contributed by atoms with E-state index in [2.05, 4.69) is 18.3 Å². The minimum atomic E-state index is 0.722. The largest absolute Gasteiger partial charge is 0.493 e. The van der Waals surface area contributed by atoms with Crippen LogP contribution in [0.25, 0.3) is 0 Å². The summed E-state index contributed by atoms with van der Waals surface area (Å²) in [5, 5.41) is 3.11. The molecule has 0 atom stereocenters. The van der Waals surface area contributed by atoms with Crippen LogP contribution in [-0.4, -0.2) is 32.3 Å². The van der Waals surface area contributed by atoms with E-state index in [9.17, 15) is 0 Å². The highest BCUT2D eigenvalue weighted by Crippen LogP contribution is 2.28. The van der Waals surface area contributed by atoms with Crippen molar-refractivity contribution in [3.05, 3.63) is 23.8 Å². The zero-order chi connectivity index (χ0) is 12.5. The molecule has 96 valence electrons. The molecular weight excluding hydrogens is 234 g/mol. The highest BCUT2D eigenvalue weighted by Gasteiger charge is 2.05. The summed E-state index contributed by atoms with van der Waals surface area (Å²) in [6.45, 7) is 3.71. The van der Waals surface area contributed by atoms with E-state index in [1.807, 2.05) is 30.9 Å². The Balaban J connectivity index is 2.58. The molecule has 0 aliphatic carbocycles. The number of rotatable bonds is 8. The number of nitrogens with one attached hydrogen (secondary N) is 1. The molecule has 0 saturated carbocycles. The molecule has 0 aromatic heterocycles. The molecule has 3 nitrogen and oxygen atoms in total. The van der Waals surface area contributed by atoms with Gasteiger partial charge < -0.3 is 14.8 Å². The molecule has 1 N–H and O–H groups in total. The Bertz CT molecular complexity index is 331. The van der Waals surface area contributed by atoms with Gasteiger partial charge in [0, 0.05) is 12.3 Å². The first-order valence-electron chi connectivity index (χ1n) is 5.83. The first kappa shape index (κ1) is 14.2. The number of benzene rings is 1. The van der Waals surface area contributed by atoms with Crippen LogP contribution in [0.1, 0.15) is 12.5 Å². The maximum absolute atomic E-state index is 5.70. The molecule has 1 aromatic rings. The van der Waals surface area contributed by atoms with Crippen molar-refractivity contribution in [1.82, 2.24) is 5.32 Å². The molecule has 0 heterocycles. The van der Waals surface area contributed by atoms with Crippen LogP contribution in [0.5, 0.6) is 11.5 Å². The molecule has 0 aliphatic rings. The van der Waals surface area contributed by atoms with Gasteiger partial charge in [-0.2, -0.15) is 11.8 Å². The molecule has 0 bridgehead atoms. The van der Waals surface area contributed by atoms with Crippen LogP contribution in [0.15, 0.2) is 18.2 Å². The van der Waals surface area contributed by atoms with Gasteiger partial charge in [-0.05, 0) is 30.5 Å². The summed E-state index contributed by atoms with van der Waals surface area (Å²) < 4.78 is 11.0. The van der Waals surface area contributed by atoms with Crippen molar-refractivity contribution in [3.63, 3.8) is 0 Å². The fourth-order valence-corrected chi connectivity index (χ4v) is 1.99. The molecule has 0 amide bonds. The average molecular weight is 255 g/mol. The summed E-state index contributed by atoms with van der Waals surface area (Å²) in [6.07, 6.45) is 0. The summed E-state index contributed by atoms with van der Waals surface area (Å²) in [4.78, 5) is 0. The van der Waals surface area contributed by atoms with Gasteiger partial charge in [0.1, 0.15) is 0 Å². The van der Waals surface area contributed by atoms with Crippen LogP contribution in [0, 0.1) is 0 Å². The highest BCUT2D eigenvalue weighted by molar-refractivity contribution is 7.99. The molecule has 0 radical (unpaired) electrons. The lowest BCUT2D eigenvalue weighted by molar-refractivity contribution is 0.313. The van der Waals surface area contributed by atoms with Crippen LogP contribution in [0.4, 0.5) is 0 Å². The van der Waals surface area contributed by atoms with Gasteiger partial charge in [-0.3, -0.25) is 0 Å². The van der Waals surface area contributed by atoms with Gasteiger partial charge >= 0.3 is 0 Å². The lowest BCUT2D eigenvalue weighted by Crippen LogP contribution is -2.06. The van der Waals surface area contributed by atoms with Crippen molar-refractivity contribution in [2.24, 2.45) is 0 Å². The highest BCUT2D eigenvalue weighted by atomic mass is 32.2. The third-order valence-corrected chi connectivity index (χ3v) is 3.16. The second-order valence-corrected chi connectivity index (χ2v) is 4.95. The van der Waals surface area contributed by atoms with Gasteiger partial charge in [0.25, 0.3) is 0 Å². The lowest BCUT2D eigenvalue weighted by atomic mass is 10.2. The van der Waals surface area contributed by atoms with E-state index < -0.39 is 0 Å². The molecule has 0 saturated heterocycles. The SMILES string of the molecule is CCSCCOc1ccc(CNC)cc1OC. The van der Waals surface area contributed by atoms with E-state index in [0.717, 1.165) is 36.2 Å². The summed E-state index contributed by atoms with van der Waals surface area (Å²) >= 11 is 1.88. The Morgan fingerprint density at radius 2 is 2.12 bits per heavy atom. The monoisotopic (exact) mass is 255 g/mol. The van der Waals surface area contributed by atoms with E-state index >= 15 is 0 Å². The Hall–Kier alpha value is -0.870. The summed E-state index contributed by atoms with van der Waals surface area (Å²) in [5.41, 5.74) is 1.19. The fraction of sp³-hybridized carbons (Fsp3) is 0.538. The van der Waals surface area contributed by atoms with Gasteiger partial charge in [0.2, 0.25) is 0 Å². The molecule has 17 heavy (non-hydrogen) atoms. The van der Waals surface area contributed by atoms with Gasteiger partial charge in [0.15, 0.2) is 11.5 Å². The van der Waals surface area contributed by atoms with E-state index in [0.29, 0.717) is 0 Å². The third-order valence-electron chi connectivity index (χ3n) is 2.30. The molecule has 0 fully saturated rings. The lowest BCUT2D eigenvalue weighted by Gasteiger charge is -2.12. The number of methoxy groups -OCH3 is 1. The fourth-order valence-electron chi connectivity index (χ4n) is 1.50. The van der Waals surface area contributed by atoms with Crippen molar-refractivity contribution >= 4 is 11.8 Å². The first-order valence-corrected chi connectivity index (χ1v) is 6.99. The maximum Gasteiger partial charge on any atom is 0.161 e. The van der Waals surface area contributed by atoms with Gasteiger partial charge in [-0.15, -0.1) is 0 Å². The normalized spacial score (nSPS) is 10.3. The van der Waals surface area contributed by atoms with Crippen LogP contribution in [0.2, 0.25) is 0 Å². The van der Waals surface area contributed by atoms with E-state index in [4.69, 9.17) is 9.47 Å². The van der Waals surface area contributed by atoms with Crippen molar-refractivity contribution in [2.45, 2.75) is 13.5 Å². The zero-order valence-electron chi connectivity index (χ0n) is 10.8.